The van der Waals surface area contributed by atoms with Crippen LogP contribution in [0.1, 0.15) is 51.5 Å². The summed E-state index contributed by atoms with van der Waals surface area (Å²) in [5, 5.41) is 10.6. The fourth-order valence-electron chi connectivity index (χ4n) is 2.72. The van der Waals surface area contributed by atoms with Crippen molar-refractivity contribution in [2.24, 2.45) is 0 Å². The number of nitrogens with zero attached hydrogens (tertiary/aromatic N) is 2. The number of hydrogen-bond acceptors (Lipinski definition) is 3. The number of carbonyl (C=O) groups excluding carboxylic acids is 1. The first-order valence-electron chi connectivity index (χ1n) is 7.77. The van der Waals surface area contributed by atoms with E-state index in [1.165, 1.54) is 38.5 Å². The average molecular weight is 351 g/mol. The molecule has 1 amide bonds. The zero-order valence-electron chi connectivity index (χ0n) is 13.2. The number of halogens is 2. The van der Waals surface area contributed by atoms with Crippen LogP contribution in [0.15, 0.2) is 18.5 Å². The lowest BCUT2D eigenvalue weighted by molar-refractivity contribution is -0.124. The van der Waals surface area contributed by atoms with Crippen LogP contribution in [-0.2, 0) is 4.79 Å². The molecule has 0 bridgehead atoms. The minimum atomic E-state index is -0.247. The fourth-order valence-corrected chi connectivity index (χ4v) is 2.72. The molecular weight excluding hydrogens is 323 g/mol. The molecule has 0 spiro atoms. The molecule has 1 aromatic rings. The van der Waals surface area contributed by atoms with E-state index in [1.807, 2.05) is 19.2 Å². The Morgan fingerprint density at radius 1 is 1.23 bits per heavy atom. The molecule has 1 aliphatic rings. The zero-order valence-corrected chi connectivity index (χ0v) is 14.8. The Kier molecular flexibility index (Phi) is 11.3. The molecule has 5 nitrogen and oxygen atoms in total. The number of carbonyl (C=O) groups is 1. The van der Waals surface area contributed by atoms with Crippen molar-refractivity contribution < 1.29 is 4.79 Å². The Morgan fingerprint density at radius 2 is 1.91 bits per heavy atom. The predicted molar refractivity (Wildman–Crippen MR) is 93.9 cm³/mol. The summed E-state index contributed by atoms with van der Waals surface area (Å²) in [7, 11) is 0. The van der Waals surface area contributed by atoms with Gasteiger partial charge in [0.2, 0.25) is 5.91 Å². The van der Waals surface area contributed by atoms with E-state index in [0.717, 1.165) is 6.54 Å². The Morgan fingerprint density at radius 3 is 2.50 bits per heavy atom. The second-order valence-corrected chi connectivity index (χ2v) is 5.60. The van der Waals surface area contributed by atoms with Crippen LogP contribution in [0.25, 0.3) is 0 Å². The molecule has 22 heavy (non-hydrogen) atoms. The van der Waals surface area contributed by atoms with Gasteiger partial charge in [0, 0.05) is 31.5 Å². The third-order valence-electron chi connectivity index (χ3n) is 4.01. The molecular formula is C15H28Cl2N4O. The zero-order chi connectivity index (χ0) is 14.2. The Balaban J connectivity index is 0.00000220. The van der Waals surface area contributed by atoms with Gasteiger partial charge < -0.3 is 10.6 Å². The van der Waals surface area contributed by atoms with Gasteiger partial charge in [-0.1, -0.05) is 25.7 Å². The third-order valence-corrected chi connectivity index (χ3v) is 4.01. The number of rotatable bonds is 6. The van der Waals surface area contributed by atoms with Gasteiger partial charge in [0.05, 0.1) is 0 Å². The van der Waals surface area contributed by atoms with E-state index in [-0.39, 0.29) is 36.8 Å². The summed E-state index contributed by atoms with van der Waals surface area (Å²) in [5.41, 5.74) is 0. The van der Waals surface area contributed by atoms with Crippen molar-refractivity contribution in [3.05, 3.63) is 18.5 Å². The molecule has 1 saturated carbocycles. The van der Waals surface area contributed by atoms with Crippen molar-refractivity contribution >= 4 is 30.7 Å². The fraction of sp³-hybridized carbons (Fsp3) is 0.733. The van der Waals surface area contributed by atoms with Crippen molar-refractivity contribution in [1.29, 1.82) is 0 Å². The maximum absolute atomic E-state index is 11.9. The van der Waals surface area contributed by atoms with Gasteiger partial charge >= 0.3 is 0 Å². The highest BCUT2D eigenvalue weighted by molar-refractivity contribution is 5.85. The van der Waals surface area contributed by atoms with E-state index in [0.29, 0.717) is 12.6 Å². The van der Waals surface area contributed by atoms with E-state index in [9.17, 15) is 4.79 Å². The molecule has 7 heteroatoms. The molecule has 1 fully saturated rings. The van der Waals surface area contributed by atoms with E-state index in [1.54, 1.807) is 10.9 Å². The second kappa shape index (κ2) is 11.7. The van der Waals surface area contributed by atoms with E-state index < -0.39 is 0 Å². The lowest BCUT2D eigenvalue weighted by Gasteiger charge is -2.17. The van der Waals surface area contributed by atoms with Crippen LogP contribution in [0, 0.1) is 0 Å². The maximum Gasteiger partial charge on any atom is 0.244 e. The average Bonchev–Trinajstić information content (AvgIpc) is 2.87. The van der Waals surface area contributed by atoms with E-state index in [2.05, 4.69) is 15.7 Å². The van der Waals surface area contributed by atoms with Crippen LogP contribution in [0.3, 0.4) is 0 Å². The van der Waals surface area contributed by atoms with Crippen molar-refractivity contribution in [1.82, 2.24) is 20.4 Å². The first kappa shape index (κ1) is 21.2. The summed E-state index contributed by atoms with van der Waals surface area (Å²) in [6, 6.07) is 2.22. The van der Waals surface area contributed by atoms with Gasteiger partial charge in [-0.3, -0.25) is 9.48 Å². The van der Waals surface area contributed by atoms with Crippen LogP contribution in [0.4, 0.5) is 0 Å². The Bertz CT molecular complexity index is 392. The first-order valence-corrected chi connectivity index (χ1v) is 7.77. The van der Waals surface area contributed by atoms with E-state index in [4.69, 9.17) is 0 Å². The normalized spacial score (nSPS) is 16.8. The second-order valence-electron chi connectivity index (χ2n) is 5.60. The highest BCUT2D eigenvalue weighted by atomic mass is 35.5. The summed E-state index contributed by atoms with van der Waals surface area (Å²) in [4.78, 5) is 11.9. The summed E-state index contributed by atoms with van der Waals surface area (Å²) in [6.07, 6.45) is 11.5. The highest BCUT2D eigenvalue weighted by Gasteiger charge is 2.14. The van der Waals surface area contributed by atoms with Gasteiger partial charge in [-0.2, -0.15) is 5.10 Å². The molecule has 1 unspecified atom stereocenters. The largest absolute Gasteiger partial charge is 0.353 e. The summed E-state index contributed by atoms with van der Waals surface area (Å²) >= 11 is 0. The van der Waals surface area contributed by atoms with Crippen LogP contribution in [0.5, 0.6) is 0 Å². The molecule has 0 aliphatic heterocycles. The smallest absolute Gasteiger partial charge is 0.244 e. The van der Waals surface area contributed by atoms with Crippen LogP contribution >= 0.6 is 24.8 Å². The Labute approximate surface area is 145 Å². The van der Waals surface area contributed by atoms with Gasteiger partial charge in [-0.15, -0.1) is 24.8 Å². The predicted octanol–water partition coefficient (Wildman–Crippen LogP) is 2.72. The van der Waals surface area contributed by atoms with Crippen molar-refractivity contribution in [3.8, 4) is 0 Å². The maximum atomic E-state index is 11.9. The molecule has 1 aliphatic carbocycles. The lowest BCUT2D eigenvalue weighted by Crippen LogP contribution is -2.39. The monoisotopic (exact) mass is 350 g/mol. The third kappa shape index (κ3) is 6.99. The Hall–Kier alpha value is -0.780. The molecule has 0 aromatic carbocycles. The van der Waals surface area contributed by atoms with Crippen LogP contribution in [-0.4, -0.2) is 34.8 Å². The number of aromatic nitrogens is 2. The summed E-state index contributed by atoms with van der Waals surface area (Å²) in [5.74, 6) is 0.0244. The molecule has 2 N–H and O–H groups in total. The van der Waals surface area contributed by atoms with Gasteiger partial charge in [0.1, 0.15) is 6.04 Å². The first-order chi connectivity index (χ1) is 9.77. The van der Waals surface area contributed by atoms with Crippen molar-refractivity contribution in [3.63, 3.8) is 0 Å². The van der Waals surface area contributed by atoms with Crippen molar-refractivity contribution in [2.75, 3.05) is 13.1 Å². The topological polar surface area (TPSA) is 59.0 Å². The van der Waals surface area contributed by atoms with Gasteiger partial charge in [-0.05, 0) is 25.8 Å². The van der Waals surface area contributed by atoms with Gasteiger partial charge in [-0.25, -0.2) is 0 Å². The standard InChI is InChI=1S/C15H26N4O.2ClH/c1-13(19-12-6-9-18-19)15(20)17-11-10-16-14-7-4-2-3-5-8-14;;/h6,9,12-14,16H,2-5,7-8,10-11H2,1H3,(H,17,20);2*1H. The minimum Gasteiger partial charge on any atom is -0.353 e. The SMILES string of the molecule is CC(C(=O)NCCNC1CCCCCC1)n1cccn1.Cl.Cl. The van der Waals surface area contributed by atoms with E-state index >= 15 is 0 Å². The number of hydrogen-bond donors (Lipinski definition) is 2. The van der Waals surface area contributed by atoms with Gasteiger partial charge in [0.25, 0.3) is 0 Å². The molecule has 1 aromatic heterocycles. The summed E-state index contributed by atoms with van der Waals surface area (Å²) in [6.45, 7) is 3.39. The lowest BCUT2D eigenvalue weighted by atomic mass is 10.1. The van der Waals surface area contributed by atoms with Crippen LogP contribution < -0.4 is 10.6 Å². The molecule has 0 radical (unpaired) electrons. The molecule has 1 atom stereocenters. The molecule has 0 saturated heterocycles. The summed E-state index contributed by atoms with van der Waals surface area (Å²) < 4.78 is 1.67. The van der Waals surface area contributed by atoms with Crippen molar-refractivity contribution in [2.45, 2.75) is 57.5 Å². The molecule has 2 rings (SSSR count). The number of amides is 1. The number of nitrogens with one attached hydrogen (secondary N) is 2. The minimum absolute atomic E-state index is 0. The molecule has 1 heterocycles. The van der Waals surface area contributed by atoms with Gasteiger partial charge in [0.15, 0.2) is 0 Å². The quantitative estimate of drug-likeness (QED) is 0.612. The van der Waals surface area contributed by atoms with Crippen LogP contribution in [0.2, 0.25) is 0 Å². The highest BCUT2D eigenvalue weighted by Crippen LogP contribution is 2.16. The molecule has 128 valence electrons.